The van der Waals surface area contributed by atoms with Crippen molar-refractivity contribution in [2.24, 2.45) is 5.92 Å². The van der Waals surface area contributed by atoms with Gasteiger partial charge in [-0.2, -0.15) is 0 Å². The third-order valence-corrected chi connectivity index (χ3v) is 2.80. The van der Waals surface area contributed by atoms with E-state index in [0.29, 0.717) is 0 Å². The van der Waals surface area contributed by atoms with Gasteiger partial charge in [0.25, 0.3) is 5.56 Å². The fourth-order valence-corrected chi connectivity index (χ4v) is 2.10. The van der Waals surface area contributed by atoms with Crippen LogP contribution in [0.25, 0.3) is 0 Å². The Kier molecular flexibility index (Phi) is 0.799. The molecule has 1 aliphatic carbocycles. The second-order valence-corrected chi connectivity index (χ2v) is 3.50. The first-order valence-corrected chi connectivity index (χ1v) is 4.06. The monoisotopic (exact) mass is 147 g/mol. The molecule has 56 valence electrons. The van der Waals surface area contributed by atoms with Crippen molar-refractivity contribution in [2.45, 2.75) is 18.9 Å². The average molecular weight is 147 g/mol. The van der Waals surface area contributed by atoms with Crippen molar-refractivity contribution in [3.8, 4) is 0 Å². The van der Waals surface area contributed by atoms with Crippen molar-refractivity contribution in [1.82, 2.24) is 4.57 Å². The van der Waals surface area contributed by atoms with Gasteiger partial charge >= 0.3 is 0 Å². The lowest BCUT2D eigenvalue weighted by atomic mass is 10.2. The summed E-state index contributed by atoms with van der Waals surface area (Å²) >= 11 is 0. The maximum Gasteiger partial charge on any atom is 0.250 e. The van der Waals surface area contributed by atoms with Crippen molar-refractivity contribution in [3.63, 3.8) is 0 Å². The quantitative estimate of drug-likeness (QED) is 0.536. The number of rotatable bonds is 0. The van der Waals surface area contributed by atoms with Gasteiger partial charge in [-0.1, -0.05) is 6.07 Å². The second-order valence-electron chi connectivity index (χ2n) is 3.50. The molecular weight excluding hydrogens is 138 g/mol. The van der Waals surface area contributed by atoms with Crippen LogP contribution in [0.1, 0.15) is 18.0 Å². The van der Waals surface area contributed by atoms with Crippen LogP contribution in [0.2, 0.25) is 0 Å². The Balaban J connectivity index is 2.32. The standard InChI is InChI=1S/C9H9NO/c11-9-3-1-2-8-7-4-6(7)5-10(8)9/h1-3,6-7H,4-5H2. The number of pyridine rings is 1. The van der Waals surface area contributed by atoms with Crippen molar-refractivity contribution in [1.29, 1.82) is 0 Å². The van der Waals surface area contributed by atoms with Crippen LogP contribution in [0.3, 0.4) is 0 Å². The zero-order chi connectivity index (χ0) is 7.42. The van der Waals surface area contributed by atoms with Crippen LogP contribution in [0.15, 0.2) is 23.0 Å². The van der Waals surface area contributed by atoms with E-state index in [2.05, 4.69) is 6.07 Å². The molecule has 0 spiro atoms. The van der Waals surface area contributed by atoms with E-state index in [-0.39, 0.29) is 5.56 Å². The Morgan fingerprint density at radius 2 is 2.36 bits per heavy atom. The maximum absolute atomic E-state index is 11.2. The Morgan fingerprint density at radius 3 is 3.18 bits per heavy atom. The molecule has 1 aromatic rings. The smallest absolute Gasteiger partial charge is 0.250 e. The summed E-state index contributed by atoms with van der Waals surface area (Å²) in [6.07, 6.45) is 1.31. The van der Waals surface area contributed by atoms with Gasteiger partial charge in [0, 0.05) is 24.2 Å². The highest BCUT2D eigenvalue weighted by Crippen LogP contribution is 2.52. The molecule has 0 bridgehead atoms. The normalized spacial score (nSPS) is 31.3. The summed E-state index contributed by atoms with van der Waals surface area (Å²) in [5.41, 5.74) is 1.44. The summed E-state index contributed by atoms with van der Waals surface area (Å²) in [6, 6.07) is 5.60. The molecule has 2 atom stereocenters. The second kappa shape index (κ2) is 1.58. The first kappa shape index (κ1) is 5.58. The van der Waals surface area contributed by atoms with E-state index in [9.17, 15) is 4.79 Å². The highest BCUT2D eigenvalue weighted by molar-refractivity contribution is 5.24. The number of hydrogen-bond acceptors (Lipinski definition) is 1. The topological polar surface area (TPSA) is 22.0 Å². The Labute approximate surface area is 64.5 Å². The zero-order valence-electron chi connectivity index (χ0n) is 6.16. The van der Waals surface area contributed by atoms with E-state index in [1.807, 2.05) is 10.6 Å². The molecule has 1 fully saturated rings. The molecule has 2 unspecified atom stereocenters. The largest absolute Gasteiger partial charge is 0.312 e. The van der Waals surface area contributed by atoms with Crippen LogP contribution >= 0.6 is 0 Å². The number of nitrogens with zero attached hydrogens (tertiary/aromatic N) is 1. The molecule has 11 heavy (non-hydrogen) atoms. The van der Waals surface area contributed by atoms with Gasteiger partial charge in [0.2, 0.25) is 0 Å². The molecule has 1 saturated carbocycles. The molecule has 0 radical (unpaired) electrons. The van der Waals surface area contributed by atoms with Gasteiger partial charge < -0.3 is 4.57 Å². The van der Waals surface area contributed by atoms with Gasteiger partial charge in [0.15, 0.2) is 0 Å². The minimum Gasteiger partial charge on any atom is -0.312 e. The Hall–Kier alpha value is -1.05. The van der Waals surface area contributed by atoms with Crippen molar-refractivity contribution < 1.29 is 0 Å². The van der Waals surface area contributed by atoms with Crippen LogP contribution in [-0.2, 0) is 6.54 Å². The fraction of sp³-hybridized carbons (Fsp3) is 0.444. The van der Waals surface area contributed by atoms with E-state index in [1.165, 1.54) is 12.1 Å². The number of fused-ring (bicyclic) bond motifs is 3. The first-order valence-electron chi connectivity index (χ1n) is 4.06. The van der Waals surface area contributed by atoms with E-state index >= 15 is 0 Å². The van der Waals surface area contributed by atoms with Crippen LogP contribution in [0.5, 0.6) is 0 Å². The van der Waals surface area contributed by atoms with E-state index in [4.69, 9.17) is 0 Å². The van der Waals surface area contributed by atoms with Crippen molar-refractivity contribution in [3.05, 3.63) is 34.2 Å². The third kappa shape index (κ3) is 0.595. The predicted octanol–water partition coefficient (Wildman–Crippen LogP) is 0.965. The van der Waals surface area contributed by atoms with Crippen LogP contribution in [0.4, 0.5) is 0 Å². The highest BCUT2D eigenvalue weighted by Gasteiger charge is 2.45. The van der Waals surface area contributed by atoms with E-state index < -0.39 is 0 Å². The molecule has 0 amide bonds. The lowest BCUT2D eigenvalue weighted by Crippen LogP contribution is -2.19. The fourth-order valence-electron chi connectivity index (χ4n) is 2.10. The first-order chi connectivity index (χ1) is 5.36. The van der Waals surface area contributed by atoms with Gasteiger partial charge in [-0.25, -0.2) is 0 Å². The van der Waals surface area contributed by atoms with Gasteiger partial charge in [-0.3, -0.25) is 4.79 Å². The molecule has 2 aliphatic rings. The molecule has 1 aromatic heterocycles. The van der Waals surface area contributed by atoms with E-state index in [1.54, 1.807) is 6.07 Å². The van der Waals surface area contributed by atoms with Crippen molar-refractivity contribution >= 4 is 0 Å². The van der Waals surface area contributed by atoms with Crippen LogP contribution in [-0.4, -0.2) is 4.57 Å². The highest BCUT2D eigenvalue weighted by atomic mass is 16.1. The lowest BCUT2D eigenvalue weighted by Gasteiger charge is -2.03. The number of aromatic nitrogens is 1. The number of hydrogen-bond donors (Lipinski definition) is 0. The van der Waals surface area contributed by atoms with Gasteiger partial charge in [-0.05, 0) is 18.4 Å². The molecule has 0 saturated heterocycles. The third-order valence-electron chi connectivity index (χ3n) is 2.80. The Morgan fingerprint density at radius 1 is 1.45 bits per heavy atom. The zero-order valence-corrected chi connectivity index (χ0v) is 6.16. The molecule has 0 aromatic carbocycles. The predicted molar refractivity (Wildman–Crippen MR) is 41.6 cm³/mol. The van der Waals surface area contributed by atoms with E-state index in [0.717, 1.165) is 18.4 Å². The lowest BCUT2D eigenvalue weighted by molar-refractivity contribution is 0.646. The Bertz CT molecular complexity index is 366. The van der Waals surface area contributed by atoms with Crippen LogP contribution in [0, 0.1) is 5.92 Å². The molecule has 2 heterocycles. The maximum atomic E-state index is 11.2. The molecule has 2 heteroatoms. The minimum absolute atomic E-state index is 0.176. The van der Waals surface area contributed by atoms with Gasteiger partial charge in [0.1, 0.15) is 0 Å². The molecule has 3 rings (SSSR count). The summed E-state index contributed by atoms with van der Waals surface area (Å²) in [7, 11) is 0. The van der Waals surface area contributed by atoms with Gasteiger partial charge in [-0.15, -0.1) is 0 Å². The average Bonchev–Trinajstić information content (AvgIpc) is 2.67. The van der Waals surface area contributed by atoms with Gasteiger partial charge in [0.05, 0.1) is 0 Å². The molecule has 1 aliphatic heterocycles. The van der Waals surface area contributed by atoms with Crippen molar-refractivity contribution in [2.75, 3.05) is 0 Å². The summed E-state index contributed by atoms with van der Waals surface area (Å²) in [6.45, 7) is 0.972. The molecule has 2 nitrogen and oxygen atoms in total. The molecule has 0 N–H and O–H groups in total. The summed E-state index contributed by atoms with van der Waals surface area (Å²) in [4.78, 5) is 11.2. The summed E-state index contributed by atoms with van der Waals surface area (Å²) in [5.74, 6) is 1.52. The summed E-state index contributed by atoms with van der Waals surface area (Å²) < 4.78 is 1.92. The summed E-state index contributed by atoms with van der Waals surface area (Å²) in [5, 5.41) is 0. The minimum atomic E-state index is 0.176. The molecular formula is C9H9NO. The SMILES string of the molecule is O=c1cccc2n1CC1CC21. The van der Waals surface area contributed by atoms with Crippen LogP contribution < -0.4 is 5.56 Å².